The number of fused-ring (bicyclic) bond motifs is 1. The summed E-state index contributed by atoms with van der Waals surface area (Å²) in [4.78, 5) is 0. The third kappa shape index (κ3) is 2.44. The highest BCUT2D eigenvalue weighted by Gasteiger charge is 2.10. The summed E-state index contributed by atoms with van der Waals surface area (Å²) in [6.07, 6.45) is 1.78. The summed E-state index contributed by atoms with van der Waals surface area (Å²) in [5, 5.41) is 12.8. The summed E-state index contributed by atoms with van der Waals surface area (Å²) in [5.41, 5.74) is 2.71. The monoisotopic (exact) mass is 325 g/mol. The SMILES string of the molecule is Clc1ccc(Cl)c(CNc2cccc3[nH]ncc23)c1Cl. The van der Waals surface area contributed by atoms with Gasteiger partial charge in [0.1, 0.15) is 0 Å². The maximum absolute atomic E-state index is 6.19. The van der Waals surface area contributed by atoms with Gasteiger partial charge >= 0.3 is 0 Å². The van der Waals surface area contributed by atoms with Crippen LogP contribution in [0.3, 0.4) is 0 Å². The van der Waals surface area contributed by atoms with Gasteiger partial charge in [0.2, 0.25) is 0 Å². The van der Waals surface area contributed by atoms with Crippen LogP contribution in [0.25, 0.3) is 10.9 Å². The summed E-state index contributed by atoms with van der Waals surface area (Å²) >= 11 is 18.4. The molecule has 1 heterocycles. The number of H-pyrrole nitrogens is 1. The minimum atomic E-state index is 0.478. The highest BCUT2D eigenvalue weighted by molar-refractivity contribution is 6.44. The molecule has 0 bridgehead atoms. The largest absolute Gasteiger partial charge is 0.380 e. The number of aromatic nitrogens is 2. The first-order valence-corrected chi connectivity index (χ1v) is 7.08. The van der Waals surface area contributed by atoms with E-state index in [1.54, 1.807) is 18.3 Å². The molecule has 20 heavy (non-hydrogen) atoms. The van der Waals surface area contributed by atoms with Gasteiger partial charge in [0.25, 0.3) is 0 Å². The van der Waals surface area contributed by atoms with Gasteiger partial charge in [-0.1, -0.05) is 40.9 Å². The molecule has 0 fully saturated rings. The molecule has 1 aromatic heterocycles. The summed E-state index contributed by atoms with van der Waals surface area (Å²) in [6, 6.07) is 9.32. The smallest absolute Gasteiger partial charge is 0.0671 e. The van der Waals surface area contributed by atoms with E-state index in [2.05, 4.69) is 15.5 Å². The Labute approximate surface area is 130 Å². The van der Waals surface area contributed by atoms with Gasteiger partial charge in [-0.05, 0) is 24.3 Å². The molecule has 0 unspecified atom stereocenters. The van der Waals surface area contributed by atoms with Crippen molar-refractivity contribution in [3.8, 4) is 0 Å². The van der Waals surface area contributed by atoms with Crippen molar-refractivity contribution in [3.63, 3.8) is 0 Å². The van der Waals surface area contributed by atoms with Crippen molar-refractivity contribution in [1.82, 2.24) is 10.2 Å². The van der Waals surface area contributed by atoms with E-state index in [9.17, 15) is 0 Å². The fraction of sp³-hybridized carbons (Fsp3) is 0.0714. The van der Waals surface area contributed by atoms with Crippen molar-refractivity contribution in [3.05, 3.63) is 57.2 Å². The Kier molecular flexibility index (Phi) is 3.74. The lowest BCUT2D eigenvalue weighted by atomic mass is 10.2. The standard InChI is InChI=1S/C14H10Cl3N3/c15-10-4-5-11(16)14(17)8(10)6-18-12-2-1-3-13-9(12)7-19-20-13/h1-5,7,18H,6H2,(H,19,20). The normalized spacial score (nSPS) is 10.9. The molecule has 2 aromatic carbocycles. The summed E-state index contributed by atoms with van der Waals surface area (Å²) < 4.78 is 0. The number of rotatable bonds is 3. The highest BCUT2D eigenvalue weighted by Crippen LogP contribution is 2.32. The van der Waals surface area contributed by atoms with Crippen LogP contribution in [-0.2, 0) is 6.54 Å². The number of hydrogen-bond donors (Lipinski definition) is 2. The second kappa shape index (κ2) is 5.52. The molecule has 0 radical (unpaired) electrons. The average Bonchev–Trinajstić information content (AvgIpc) is 2.92. The van der Waals surface area contributed by atoms with Gasteiger partial charge in [0.05, 0.1) is 21.8 Å². The zero-order valence-corrected chi connectivity index (χ0v) is 12.5. The van der Waals surface area contributed by atoms with Gasteiger partial charge < -0.3 is 5.32 Å². The minimum Gasteiger partial charge on any atom is -0.380 e. The Hall–Kier alpha value is -1.42. The summed E-state index contributed by atoms with van der Waals surface area (Å²) in [7, 11) is 0. The maximum atomic E-state index is 6.19. The third-order valence-electron chi connectivity index (χ3n) is 3.08. The number of halogens is 3. The zero-order valence-electron chi connectivity index (χ0n) is 10.3. The molecule has 3 nitrogen and oxygen atoms in total. The number of anilines is 1. The van der Waals surface area contributed by atoms with Gasteiger partial charge in [0, 0.05) is 28.2 Å². The van der Waals surface area contributed by atoms with Crippen LogP contribution in [-0.4, -0.2) is 10.2 Å². The molecule has 3 rings (SSSR count). The molecule has 6 heteroatoms. The van der Waals surface area contributed by atoms with Crippen molar-refractivity contribution >= 4 is 51.4 Å². The number of aromatic amines is 1. The molecule has 102 valence electrons. The quantitative estimate of drug-likeness (QED) is 0.655. The van der Waals surface area contributed by atoms with E-state index >= 15 is 0 Å². The van der Waals surface area contributed by atoms with E-state index in [-0.39, 0.29) is 0 Å². The number of benzene rings is 2. The lowest BCUT2D eigenvalue weighted by molar-refractivity contribution is 1.12. The van der Waals surface area contributed by atoms with Crippen LogP contribution in [0.5, 0.6) is 0 Å². The molecule has 0 aliphatic carbocycles. The Bertz CT molecular complexity index is 767. The van der Waals surface area contributed by atoms with Crippen LogP contribution in [0.2, 0.25) is 15.1 Å². The van der Waals surface area contributed by atoms with E-state index in [0.29, 0.717) is 21.6 Å². The van der Waals surface area contributed by atoms with Gasteiger partial charge in [-0.3, -0.25) is 5.10 Å². The molecule has 0 spiro atoms. The van der Waals surface area contributed by atoms with Crippen LogP contribution in [0, 0.1) is 0 Å². The molecule has 0 atom stereocenters. The van der Waals surface area contributed by atoms with Crippen LogP contribution in [0.4, 0.5) is 5.69 Å². The van der Waals surface area contributed by atoms with E-state index in [4.69, 9.17) is 34.8 Å². The predicted molar refractivity (Wildman–Crippen MR) is 84.9 cm³/mol. The van der Waals surface area contributed by atoms with Crippen molar-refractivity contribution in [2.75, 3.05) is 5.32 Å². The first-order chi connectivity index (χ1) is 9.66. The van der Waals surface area contributed by atoms with E-state index < -0.39 is 0 Å². The Balaban J connectivity index is 1.90. The molecule has 2 N–H and O–H groups in total. The average molecular weight is 327 g/mol. The first kappa shape index (κ1) is 13.6. The highest BCUT2D eigenvalue weighted by atomic mass is 35.5. The number of hydrogen-bond acceptors (Lipinski definition) is 2. The maximum Gasteiger partial charge on any atom is 0.0671 e. The Morgan fingerprint density at radius 2 is 1.85 bits per heavy atom. The van der Waals surface area contributed by atoms with E-state index in [0.717, 1.165) is 22.2 Å². The van der Waals surface area contributed by atoms with Crippen molar-refractivity contribution in [1.29, 1.82) is 0 Å². The first-order valence-electron chi connectivity index (χ1n) is 5.95. The molecule has 0 aliphatic rings. The van der Waals surface area contributed by atoms with Crippen LogP contribution in [0.15, 0.2) is 36.5 Å². The van der Waals surface area contributed by atoms with Gasteiger partial charge in [0.15, 0.2) is 0 Å². The minimum absolute atomic E-state index is 0.478. The van der Waals surface area contributed by atoms with Gasteiger partial charge in [-0.15, -0.1) is 0 Å². The molecular formula is C14H10Cl3N3. The van der Waals surface area contributed by atoms with Crippen molar-refractivity contribution in [2.24, 2.45) is 0 Å². The Morgan fingerprint density at radius 3 is 2.70 bits per heavy atom. The fourth-order valence-electron chi connectivity index (χ4n) is 2.04. The third-order valence-corrected chi connectivity index (χ3v) is 4.28. The van der Waals surface area contributed by atoms with Crippen LogP contribution >= 0.6 is 34.8 Å². The topological polar surface area (TPSA) is 40.7 Å². The Morgan fingerprint density at radius 1 is 1.05 bits per heavy atom. The fourth-order valence-corrected chi connectivity index (χ4v) is 2.72. The molecule has 0 aliphatic heterocycles. The second-order valence-corrected chi connectivity index (χ2v) is 5.50. The molecular weight excluding hydrogens is 317 g/mol. The van der Waals surface area contributed by atoms with Crippen molar-refractivity contribution in [2.45, 2.75) is 6.54 Å². The lowest BCUT2D eigenvalue weighted by Gasteiger charge is -2.11. The van der Waals surface area contributed by atoms with Crippen LogP contribution < -0.4 is 5.32 Å². The van der Waals surface area contributed by atoms with Gasteiger partial charge in [-0.25, -0.2) is 0 Å². The molecule has 0 saturated carbocycles. The van der Waals surface area contributed by atoms with E-state index in [1.807, 2.05) is 18.2 Å². The van der Waals surface area contributed by atoms with Crippen molar-refractivity contribution < 1.29 is 0 Å². The predicted octanol–water partition coefficient (Wildman–Crippen LogP) is 5.14. The summed E-state index contributed by atoms with van der Waals surface area (Å²) in [5.74, 6) is 0. The molecule has 3 aromatic rings. The number of nitrogens with one attached hydrogen (secondary N) is 2. The molecule has 0 amide bonds. The van der Waals surface area contributed by atoms with Gasteiger partial charge in [-0.2, -0.15) is 5.10 Å². The summed E-state index contributed by atoms with van der Waals surface area (Å²) in [6.45, 7) is 0.489. The number of nitrogens with zero attached hydrogens (tertiary/aromatic N) is 1. The lowest BCUT2D eigenvalue weighted by Crippen LogP contribution is -2.01. The second-order valence-electron chi connectivity index (χ2n) is 4.31. The molecule has 0 saturated heterocycles. The van der Waals surface area contributed by atoms with E-state index in [1.165, 1.54) is 0 Å². The van der Waals surface area contributed by atoms with Crippen LogP contribution in [0.1, 0.15) is 5.56 Å². The zero-order chi connectivity index (χ0) is 14.1.